The van der Waals surface area contributed by atoms with Crippen molar-refractivity contribution in [3.05, 3.63) is 76.8 Å². The van der Waals surface area contributed by atoms with Gasteiger partial charge in [0.15, 0.2) is 0 Å². The highest BCUT2D eigenvalue weighted by atomic mass is 35.5. The maximum absolute atomic E-state index is 12.9. The van der Waals surface area contributed by atoms with Gasteiger partial charge in [-0.05, 0) is 36.4 Å². The number of nitrogens with one attached hydrogen (secondary N) is 2. The molecule has 3 rings (SSSR count). The maximum Gasteiger partial charge on any atom is 0.336 e. The molecule has 0 atom stereocenters. The summed E-state index contributed by atoms with van der Waals surface area (Å²) in [6, 6.07) is 15.1. The van der Waals surface area contributed by atoms with Crippen LogP contribution in [0.25, 0.3) is 0 Å². The van der Waals surface area contributed by atoms with Gasteiger partial charge < -0.3 is 25.8 Å². The summed E-state index contributed by atoms with van der Waals surface area (Å²) in [7, 11) is 2.88. The van der Waals surface area contributed by atoms with Gasteiger partial charge in [0.05, 0.1) is 41.7 Å². The number of urea groups is 1. The number of anilines is 3. The Hall–Kier alpha value is -3.89. The van der Waals surface area contributed by atoms with Crippen LogP contribution in [0, 0.1) is 0 Å². The average molecular weight is 501 g/mol. The zero-order valence-electron chi connectivity index (χ0n) is 18.2. The van der Waals surface area contributed by atoms with Crippen LogP contribution in [-0.4, -0.2) is 32.1 Å². The van der Waals surface area contributed by atoms with E-state index in [0.29, 0.717) is 17.2 Å². The number of carbonyl (C=O) groups is 3. The van der Waals surface area contributed by atoms with Crippen molar-refractivity contribution in [2.45, 2.75) is 0 Å². The lowest BCUT2D eigenvalue weighted by Crippen LogP contribution is -2.28. The summed E-state index contributed by atoms with van der Waals surface area (Å²) in [4.78, 5) is 37.6. The number of ether oxygens (including phenoxy) is 2. The standard InChI is InChI=1S/C23H21ClN4O5S/c1-32-19-12-20(33-2)18(11-17(19)24)27-23(31)28(34)14-8-9-15(21(25)29)16(10-14)22(30)26-13-6-4-3-5-7-13/h3-12,34H,1-2H3,(H2,25,29)(H,26,30)(H,27,31). The van der Waals surface area contributed by atoms with Crippen LogP contribution in [0.4, 0.5) is 21.9 Å². The zero-order chi connectivity index (χ0) is 24.8. The molecule has 34 heavy (non-hydrogen) atoms. The summed E-state index contributed by atoms with van der Waals surface area (Å²) in [6.07, 6.45) is 0. The van der Waals surface area contributed by atoms with Crippen LogP contribution in [0.5, 0.6) is 11.5 Å². The van der Waals surface area contributed by atoms with Crippen molar-refractivity contribution in [1.29, 1.82) is 0 Å². The summed E-state index contributed by atoms with van der Waals surface area (Å²) in [5.41, 5.74) is 6.41. The number of amides is 4. The van der Waals surface area contributed by atoms with E-state index in [4.69, 9.17) is 26.8 Å². The van der Waals surface area contributed by atoms with Crippen LogP contribution < -0.4 is 30.1 Å². The molecule has 3 aromatic carbocycles. The van der Waals surface area contributed by atoms with E-state index < -0.39 is 17.8 Å². The van der Waals surface area contributed by atoms with E-state index in [0.717, 1.165) is 4.31 Å². The number of nitrogens with two attached hydrogens (primary N) is 1. The van der Waals surface area contributed by atoms with Crippen molar-refractivity contribution in [2.24, 2.45) is 5.73 Å². The van der Waals surface area contributed by atoms with Crippen LogP contribution in [-0.2, 0) is 0 Å². The number of nitrogens with zero attached hydrogens (tertiary/aromatic N) is 1. The molecule has 0 aliphatic carbocycles. The number of hydrogen-bond acceptors (Lipinski definition) is 6. The highest BCUT2D eigenvalue weighted by Crippen LogP contribution is 2.36. The number of methoxy groups -OCH3 is 2. The Morgan fingerprint density at radius 1 is 0.912 bits per heavy atom. The van der Waals surface area contributed by atoms with E-state index in [1.165, 1.54) is 44.6 Å². The Morgan fingerprint density at radius 3 is 2.21 bits per heavy atom. The quantitative estimate of drug-likeness (QED) is 0.353. The second-order valence-electron chi connectivity index (χ2n) is 6.84. The molecule has 4 amide bonds. The lowest BCUT2D eigenvalue weighted by atomic mass is 10.0. The minimum Gasteiger partial charge on any atom is -0.495 e. The summed E-state index contributed by atoms with van der Waals surface area (Å²) in [5, 5.41) is 5.58. The van der Waals surface area contributed by atoms with Gasteiger partial charge in [-0.1, -0.05) is 42.6 Å². The normalized spacial score (nSPS) is 10.2. The Kier molecular flexibility index (Phi) is 7.87. The minimum absolute atomic E-state index is 0.0112. The Bertz CT molecular complexity index is 1240. The number of rotatable bonds is 7. The first-order chi connectivity index (χ1) is 16.2. The molecule has 0 aliphatic rings. The maximum atomic E-state index is 12.9. The van der Waals surface area contributed by atoms with Gasteiger partial charge in [0.2, 0.25) is 5.91 Å². The van der Waals surface area contributed by atoms with Gasteiger partial charge in [-0.25, -0.2) is 9.10 Å². The number of halogens is 1. The van der Waals surface area contributed by atoms with Crippen LogP contribution in [0.15, 0.2) is 60.7 Å². The van der Waals surface area contributed by atoms with Gasteiger partial charge in [-0.15, -0.1) is 0 Å². The highest BCUT2D eigenvalue weighted by Gasteiger charge is 2.21. The number of thiol groups is 1. The smallest absolute Gasteiger partial charge is 0.336 e. The number of primary amides is 1. The fourth-order valence-corrected chi connectivity index (χ4v) is 3.44. The molecule has 176 valence electrons. The van der Waals surface area contributed by atoms with E-state index in [2.05, 4.69) is 23.4 Å². The van der Waals surface area contributed by atoms with Crippen molar-refractivity contribution in [3.63, 3.8) is 0 Å². The zero-order valence-corrected chi connectivity index (χ0v) is 19.8. The lowest BCUT2D eigenvalue weighted by molar-refractivity contribution is 0.0977. The van der Waals surface area contributed by atoms with E-state index in [-0.39, 0.29) is 27.5 Å². The molecule has 0 saturated heterocycles. The summed E-state index contributed by atoms with van der Waals surface area (Å²) in [6.45, 7) is 0. The molecule has 0 fully saturated rings. The summed E-state index contributed by atoms with van der Waals surface area (Å²) >= 11 is 10.4. The fourth-order valence-electron chi connectivity index (χ4n) is 3.03. The lowest BCUT2D eigenvalue weighted by Gasteiger charge is -2.20. The molecule has 0 aromatic heterocycles. The molecule has 11 heteroatoms. The topological polar surface area (TPSA) is 123 Å². The first kappa shape index (κ1) is 24.7. The van der Waals surface area contributed by atoms with Crippen LogP contribution >= 0.6 is 24.4 Å². The van der Waals surface area contributed by atoms with Crippen molar-refractivity contribution < 1.29 is 23.9 Å². The van der Waals surface area contributed by atoms with E-state index in [1.54, 1.807) is 30.3 Å². The van der Waals surface area contributed by atoms with E-state index >= 15 is 0 Å². The minimum atomic E-state index is -0.794. The molecule has 0 radical (unpaired) electrons. The van der Waals surface area contributed by atoms with Gasteiger partial charge >= 0.3 is 6.03 Å². The summed E-state index contributed by atoms with van der Waals surface area (Å²) in [5.74, 6) is -0.691. The largest absolute Gasteiger partial charge is 0.495 e. The van der Waals surface area contributed by atoms with Crippen LogP contribution in [0.3, 0.4) is 0 Å². The monoisotopic (exact) mass is 500 g/mol. The van der Waals surface area contributed by atoms with Crippen molar-refractivity contribution >= 4 is 59.3 Å². The first-order valence-corrected chi connectivity index (χ1v) is 10.5. The van der Waals surface area contributed by atoms with Crippen molar-refractivity contribution in [3.8, 4) is 11.5 Å². The predicted octanol–water partition coefficient (Wildman–Crippen LogP) is 4.59. The van der Waals surface area contributed by atoms with E-state index in [9.17, 15) is 14.4 Å². The fraction of sp³-hybridized carbons (Fsp3) is 0.0870. The SMILES string of the molecule is COc1cc(OC)c(NC(=O)N(S)c2ccc(C(N)=O)c(C(=O)Nc3ccccc3)c2)cc1Cl. The number of hydrogen-bond donors (Lipinski definition) is 4. The molecular weight excluding hydrogens is 480 g/mol. The molecule has 0 aliphatic heterocycles. The third kappa shape index (κ3) is 5.53. The van der Waals surface area contributed by atoms with E-state index in [1.807, 2.05) is 0 Å². The average Bonchev–Trinajstić information content (AvgIpc) is 2.83. The summed E-state index contributed by atoms with van der Waals surface area (Å²) < 4.78 is 11.4. The second-order valence-corrected chi connectivity index (χ2v) is 7.65. The van der Waals surface area contributed by atoms with Gasteiger partial charge in [-0.2, -0.15) is 0 Å². The molecule has 0 saturated carbocycles. The Morgan fingerprint density at radius 2 is 1.59 bits per heavy atom. The molecule has 0 heterocycles. The molecule has 3 aromatic rings. The predicted molar refractivity (Wildman–Crippen MR) is 134 cm³/mol. The molecule has 4 N–H and O–H groups in total. The van der Waals surface area contributed by atoms with Gasteiger partial charge in [0, 0.05) is 11.8 Å². The molecule has 9 nitrogen and oxygen atoms in total. The van der Waals surface area contributed by atoms with Crippen molar-refractivity contribution in [1.82, 2.24) is 0 Å². The van der Waals surface area contributed by atoms with Gasteiger partial charge in [-0.3, -0.25) is 9.59 Å². The molecular formula is C23H21ClN4O5S. The number of para-hydroxylation sites is 1. The van der Waals surface area contributed by atoms with Crippen molar-refractivity contribution in [2.75, 3.05) is 29.2 Å². The molecule has 0 spiro atoms. The highest BCUT2D eigenvalue weighted by molar-refractivity contribution is 7.82. The molecule has 0 unspecified atom stereocenters. The van der Waals surface area contributed by atoms with Gasteiger partial charge in [0.25, 0.3) is 5.91 Å². The first-order valence-electron chi connectivity index (χ1n) is 9.77. The second kappa shape index (κ2) is 10.8. The Balaban J connectivity index is 1.88. The molecule has 0 bridgehead atoms. The third-order valence-electron chi connectivity index (χ3n) is 4.70. The van der Waals surface area contributed by atoms with Gasteiger partial charge in [0.1, 0.15) is 11.5 Å². The number of benzene rings is 3. The Labute approximate surface area is 206 Å². The van der Waals surface area contributed by atoms with Crippen LogP contribution in [0.2, 0.25) is 5.02 Å². The number of carbonyl (C=O) groups excluding carboxylic acids is 3. The van der Waals surface area contributed by atoms with Crippen LogP contribution in [0.1, 0.15) is 20.7 Å². The third-order valence-corrected chi connectivity index (χ3v) is 5.41.